The third-order valence-electron chi connectivity index (χ3n) is 2.25. The van der Waals surface area contributed by atoms with Gasteiger partial charge in [-0.15, -0.1) is 0 Å². The fourth-order valence-electron chi connectivity index (χ4n) is 1.39. The number of carbonyl (C=O) groups excluding carboxylic acids is 1. The maximum absolute atomic E-state index is 11.7. The van der Waals surface area contributed by atoms with E-state index < -0.39 is 0 Å². The predicted molar refractivity (Wildman–Crippen MR) is 61.9 cm³/mol. The van der Waals surface area contributed by atoms with E-state index in [0.717, 1.165) is 11.3 Å². The van der Waals surface area contributed by atoms with Crippen molar-refractivity contribution in [3.8, 4) is 5.75 Å². The van der Waals surface area contributed by atoms with Crippen LogP contribution >= 0.6 is 0 Å². The van der Waals surface area contributed by atoms with E-state index in [0.29, 0.717) is 18.7 Å². The third-order valence-corrected chi connectivity index (χ3v) is 2.25. The third kappa shape index (κ3) is 3.24. The number of amides is 1. The summed E-state index contributed by atoms with van der Waals surface area (Å²) >= 11 is 0. The van der Waals surface area contributed by atoms with Gasteiger partial charge in [-0.1, -0.05) is 0 Å². The van der Waals surface area contributed by atoms with Gasteiger partial charge in [-0.2, -0.15) is 0 Å². The monoisotopic (exact) mass is 223 g/mol. The Morgan fingerprint density at radius 3 is 2.69 bits per heavy atom. The summed E-state index contributed by atoms with van der Waals surface area (Å²) in [4.78, 5) is 11.7. The minimum Gasteiger partial charge on any atom is -0.496 e. The molecule has 1 aromatic carbocycles. The van der Waals surface area contributed by atoms with E-state index in [-0.39, 0.29) is 5.91 Å². The maximum atomic E-state index is 11.7. The summed E-state index contributed by atoms with van der Waals surface area (Å²) in [6.45, 7) is 2.94. The molecule has 0 atom stereocenters. The second-order valence-corrected chi connectivity index (χ2v) is 3.43. The molecule has 0 heterocycles. The van der Waals surface area contributed by atoms with E-state index in [4.69, 9.17) is 9.47 Å². The molecule has 0 saturated heterocycles. The zero-order valence-electron chi connectivity index (χ0n) is 9.87. The molecule has 0 unspecified atom stereocenters. The van der Waals surface area contributed by atoms with Crippen molar-refractivity contribution in [2.75, 3.05) is 27.4 Å². The summed E-state index contributed by atoms with van der Waals surface area (Å²) in [6, 6.07) is 5.34. The number of aryl methyl sites for hydroxylation is 1. The minimum absolute atomic E-state index is 0.0946. The van der Waals surface area contributed by atoms with Gasteiger partial charge in [0.05, 0.1) is 13.7 Å². The number of carbonyl (C=O) groups is 1. The van der Waals surface area contributed by atoms with Gasteiger partial charge in [-0.3, -0.25) is 4.79 Å². The number of rotatable bonds is 5. The van der Waals surface area contributed by atoms with Crippen LogP contribution in [0.4, 0.5) is 0 Å². The zero-order chi connectivity index (χ0) is 12.0. The van der Waals surface area contributed by atoms with Crippen LogP contribution in [0.3, 0.4) is 0 Å². The number of ether oxygens (including phenoxy) is 2. The molecule has 16 heavy (non-hydrogen) atoms. The molecule has 0 aliphatic heterocycles. The first-order chi connectivity index (χ1) is 7.69. The van der Waals surface area contributed by atoms with E-state index in [1.54, 1.807) is 32.4 Å². The maximum Gasteiger partial charge on any atom is 0.251 e. The molecule has 88 valence electrons. The van der Waals surface area contributed by atoms with Crippen molar-refractivity contribution in [1.29, 1.82) is 0 Å². The van der Waals surface area contributed by atoms with Crippen LogP contribution in [0.2, 0.25) is 0 Å². The van der Waals surface area contributed by atoms with Gasteiger partial charge in [-0.25, -0.2) is 0 Å². The molecule has 1 rings (SSSR count). The summed E-state index contributed by atoms with van der Waals surface area (Å²) in [5.74, 6) is 0.691. The SMILES string of the molecule is COCCNC(=O)c1ccc(OC)c(C)c1. The molecular weight excluding hydrogens is 206 g/mol. The van der Waals surface area contributed by atoms with E-state index in [9.17, 15) is 4.79 Å². The number of hydrogen-bond donors (Lipinski definition) is 1. The van der Waals surface area contributed by atoms with E-state index in [2.05, 4.69) is 5.32 Å². The van der Waals surface area contributed by atoms with Crippen LogP contribution < -0.4 is 10.1 Å². The zero-order valence-corrected chi connectivity index (χ0v) is 9.87. The average molecular weight is 223 g/mol. The van der Waals surface area contributed by atoms with Crippen molar-refractivity contribution < 1.29 is 14.3 Å². The number of benzene rings is 1. The van der Waals surface area contributed by atoms with Crippen molar-refractivity contribution in [1.82, 2.24) is 5.32 Å². The Morgan fingerprint density at radius 2 is 2.12 bits per heavy atom. The summed E-state index contributed by atoms with van der Waals surface area (Å²) in [5, 5.41) is 2.76. The molecule has 0 bridgehead atoms. The van der Waals surface area contributed by atoms with Crippen molar-refractivity contribution in [2.45, 2.75) is 6.92 Å². The second kappa shape index (κ2) is 6.12. The van der Waals surface area contributed by atoms with Gasteiger partial charge in [0, 0.05) is 19.2 Å². The molecule has 4 heteroatoms. The Balaban J connectivity index is 2.66. The van der Waals surface area contributed by atoms with Crippen LogP contribution in [0.1, 0.15) is 15.9 Å². The Labute approximate surface area is 95.6 Å². The summed E-state index contributed by atoms with van der Waals surface area (Å²) < 4.78 is 9.98. The average Bonchev–Trinajstić information content (AvgIpc) is 2.29. The number of hydrogen-bond acceptors (Lipinski definition) is 3. The lowest BCUT2D eigenvalue weighted by Crippen LogP contribution is -2.26. The van der Waals surface area contributed by atoms with Crippen LogP contribution in [-0.2, 0) is 4.74 Å². The highest BCUT2D eigenvalue weighted by Gasteiger charge is 2.06. The molecule has 0 fully saturated rings. The lowest BCUT2D eigenvalue weighted by atomic mass is 10.1. The Morgan fingerprint density at radius 1 is 1.38 bits per heavy atom. The quantitative estimate of drug-likeness (QED) is 0.767. The first kappa shape index (κ1) is 12.5. The van der Waals surface area contributed by atoms with Gasteiger partial charge in [0.25, 0.3) is 5.91 Å². The molecule has 1 aromatic rings. The number of nitrogens with one attached hydrogen (secondary N) is 1. The molecule has 0 spiro atoms. The minimum atomic E-state index is -0.0946. The van der Waals surface area contributed by atoms with Gasteiger partial charge < -0.3 is 14.8 Å². The molecule has 0 aromatic heterocycles. The molecule has 4 nitrogen and oxygen atoms in total. The van der Waals surface area contributed by atoms with Gasteiger partial charge in [0.2, 0.25) is 0 Å². The lowest BCUT2D eigenvalue weighted by Gasteiger charge is -2.08. The van der Waals surface area contributed by atoms with E-state index in [1.807, 2.05) is 6.92 Å². The standard InChI is InChI=1S/C12H17NO3/c1-9-8-10(4-5-11(9)16-3)12(14)13-6-7-15-2/h4-5,8H,6-7H2,1-3H3,(H,13,14). The van der Waals surface area contributed by atoms with Gasteiger partial charge in [0.1, 0.15) is 5.75 Å². The summed E-state index contributed by atoms with van der Waals surface area (Å²) in [6.07, 6.45) is 0. The van der Waals surface area contributed by atoms with Crippen LogP contribution in [0.15, 0.2) is 18.2 Å². The fraction of sp³-hybridized carbons (Fsp3) is 0.417. The summed E-state index contributed by atoms with van der Waals surface area (Å²) in [7, 11) is 3.21. The Hall–Kier alpha value is -1.55. The first-order valence-electron chi connectivity index (χ1n) is 5.11. The number of methoxy groups -OCH3 is 2. The van der Waals surface area contributed by atoms with E-state index >= 15 is 0 Å². The smallest absolute Gasteiger partial charge is 0.251 e. The molecule has 1 N–H and O–H groups in total. The Kier molecular flexibility index (Phi) is 4.79. The van der Waals surface area contributed by atoms with E-state index in [1.165, 1.54) is 0 Å². The van der Waals surface area contributed by atoms with Gasteiger partial charge in [0.15, 0.2) is 0 Å². The fourth-order valence-corrected chi connectivity index (χ4v) is 1.39. The summed E-state index contributed by atoms with van der Waals surface area (Å²) in [5.41, 5.74) is 1.58. The molecule has 0 radical (unpaired) electrons. The van der Waals surface area contributed by atoms with Crippen molar-refractivity contribution >= 4 is 5.91 Å². The second-order valence-electron chi connectivity index (χ2n) is 3.43. The van der Waals surface area contributed by atoms with Gasteiger partial charge >= 0.3 is 0 Å². The van der Waals surface area contributed by atoms with Crippen LogP contribution in [0.5, 0.6) is 5.75 Å². The molecule has 0 saturated carbocycles. The normalized spacial score (nSPS) is 9.94. The molecular formula is C12H17NO3. The van der Waals surface area contributed by atoms with Crippen molar-refractivity contribution in [3.63, 3.8) is 0 Å². The van der Waals surface area contributed by atoms with Crippen molar-refractivity contribution in [3.05, 3.63) is 29.3 Å². The van der Waals surface area contributed by atoms with Crippen LogP contribution in [0.25, 0.3) is 0 Å². The Bertz CT molecular complexity index is 363. The van der Waals surface area contributed by atoms with Gasteiger partial charge in [-0.05, 0) is 30.7 Å². The molecule has 0 aliphatic rings. The highest BCUT2D eigenvalue weighted by Crippen LogP contribution is 2.18. The first-order valence-corrected chi connectivity index (χ1v) is 5.11. The molecule has 1 amide bonds. The van der Waals surface area contributed by atoms with Crippen LogP contribution in [0, 0.1) is 6.92 Å². The largest absolute Gasteiger partial charge is 0.496 e. The van der Waals surface area contributed by atoms with Crippen molar-refractivity contribution in [2.24, 2.45) is 0 Å². The highest BCUT2D eigenvalue weighted by atomic mass is 16.5. The topological polar surface area (TPSA) is 47.6 Å². The predicted octanol–water partition coefficient (Wildman–Crippen LogP) is 1.38. The highest BCUT2D eigenvalue weighted by molar-refractivity contribution is 5.94. The lowest BCUT2D eigenvalue weighted by molar-refractivity contribution is 0.0937. The molecule has 0 aliphatic carbocycles. The van der Waals surface area contributed by atoms with Crippen LogP contribution in [-0.4, -0.2) is 33.3 Å².